The summed E-state index contributed by atoms with van der Waals surface area (Å²) in [6, 6.07) is 12.9. The minimum Gasteiger partial charge on any atom is -0.491 e. The number of carbonyl (C=O) groups excluding carboxylic acids is 2. The van der Waals surface area contributed by atoms with Crippen molar-refractivity contribution in [2.75, 3.05) is 32.3 Å². The average molecular weight is 847 g/mol. The van der Waals surface area contributed by atoms with Crippen molar-refractivity contribution in [3.05, 3.63) is 107 Å². The molecule has 14 nitrogen and oxygen atoms in total. The fourth-order valence-electron chi connectivity index (χ4n) is 7.58. The zero-order chi connectivity index (χ0) is 42.1. The molecule has 1 aliphatic heterocycles. The van der Waals surface area contributed by atoms with E-state index in [1.54, 1.807) is 64.7 Å². The van der Waals surface area contributed by atoms with Crippen LogP contribution in [0, 0.1) is 17.8 Å². The first-order valence-electron chi connectivity index (χ1n) is 19.9. The molecule has 6 atom stereocenters. The van der Waals surface area contributed by atoms with Gasteiger partial charge in [-0.2, -0.15) is 10.6 Å². The first kappa shape index (κ1) is 43.7. The smallest absolute Gasteiger partial charge is 0.257 e. The zero-order valence-electron chi connectivity index (χ0n) is 34.2. The molecule has 4 aromatic rings. The summed E-state index contributed by atoms with van der Waals surface area (Å²) in [4.78, 5) is 38.5. The Kier molecular flexibility index (Phi) is 15.1. The van der Waals surface area contributed by atoms with Gasteiger partial charge in [-0.3, -0.25) is 14.3 Å². The normalized spacial score (nSPS) is 19.3. The van der Waals surface area contributed by atoms with Crippen molar-refractivity contribution in [2.45, 2.75) is 76.7 Å². The van der Waals surface area contributed by atoms with E-state index in [1.165, 1.54) is 23.6 Å². The lowest BCUT2D eigenvalue weighted by Gasteiger charge is -2.43. The highest BCUT2D eigenvalue weighted by molar-refractivity contribution is 7.75. The van der Waals surface area contributed by atoms with Crippen LogP contribution in [-0.2, 0) is 50.9 Å². The van der Waals surface area contributed by atoms with Crippen molar-refractivity contribution in [1.82, 2.24) is 25.1 Å². The van der Waals surface area contributed by atoms with Crippen LogP contribution in [-0.4, -0.2) is 76.5 Å². The molecule has 1 N–H and O–H groups in total. The van der Waals surface area contributed by atoms with Crippen LogP contribution in [0.2, 0.25) is 5.02 Å². The number of rotatable bonds is 15. The molecule has 2 aromatic carbocycles. The number of aryl methyl sites for hydroxylation is 2. The van der Waals surface area contributed by atoms with E-state index >= 15 is 0 Å². The molecule has 2 amide bonds. The molecule has 1 fully saturated rings. The predicted octanol–water partition coefficient (Wildman–Crippen LogP) is 7.11. The largest absolute Gasteiger partial charge is 0.491 e. The van der Waals surface area contributed by atoms with Gasteiger partial charge >= 0.3 is 0 Å². The Morgan fingerprint density at radius 3 is 2.63 bits per heavy atom. The second-order valence-corrected chi connectivity index (χ2v) is 16.7. The highest BCUT2D eigenvalue weighted by Gasteiger charge is 2.37. The maximum atomic E-state index is 14.3. The Balaban J connectivity index is 1.33. The van der Waals surface area contributed by atoms with Gasteiger partial charge in [0.1, 0.15) is 17.9 Å². The molecular formula is C43H53ClN7O7S-. The van der Waals surface area contributed by atoms with Gasteiger partial charge in [-0.25, -0.2) is 9.97 Å². The number of halogens is 1. The molecule has 3 heterocycles. The summed E-state index contributed by atoms with van der Waals surface area (Å²) in [6.07, 6.45) is 10.6. The summed E-state index contributed by atoms with van der Waals surface area (Å²) in [7, 11) is 2.50. The van der Waals surface area contributed by atoms with Crippen LogP contribution in [0.1, 0.15) is 77.2 Å². The Hall–Kier alpha value is -4.83. The summed E-state index contributed by atoms with van der Waals surface area (Å²) in [5.41, 5.74) is 3.40. The summed E-state index contributed by atoms with van der Waals surface area (Å²) in [6.45, 7) is 9.37. The van der Waals surface area contributed by atoms with Crippen LogP contribution < -0.4 is 19.7 Å². The molecule has 6 rings (SSSR count). The van der Waals surface area contributed by atoms with Crippen LogP contribution >= 0.6 is 11.6 Å². The van der Waals surface area contributed by atoms with Gasteiger partial charge < -0.3 is 37.7 Å². The maximum Gasteiger partial charge on any atom is 0.257 e. The Morgan fingerprint density at radius 2 is 1.92 bits per heavy atom. The topological polar surface area (TPSA) is 159 Å². The van der Waals surface area contributed by atoms with Gasteiger partial charge in [0.05, 0.1) is 31.6 Å². The van der Waals surface area contributed by atoms with Crippen LogP contribution in [0.15, 0.2) is 78.1 Å². The average Bonchev–Trinajstić information content (AvgIpc) is 3.61. The summed E-state index contributed by atoms with van der Waals surface area (Å²) in [5, 5.41) is 6.55. The van der Waals surface area contributed by atoms with E-state index in [-0.39, 0.29) is 29.7 Å². The van der Waals surface area contributed by atoms with Crippen LogP contribution in [0.5, 0.6) is 11.6 Å². The van der Waals surface area contributed by atoms with Crippen LogP contribution in [0.25, 0.3) is 0 Å². The van der Waals surface area contributed by atoms with Crippen LogP contribution in [0.3, 0.4) is 0 Å². The molecule has 316 valence electrons. The van der Waals surface area contributed by atoms with Gasteiger partial charge in [-0.1, -0.05) is 30.7 Å². The second-order valence-electron chi connectivity index (χ2n) is 15.1. The number of methoxy groups -OCH3 is 2. The highest BCUT2D eigenvalue weighted by atomic mass is 35.5. The van der Waals surface area contributed by atoms with Gasteiger partial charge in [-0.05, 0) is 110 Å². The Bertz CT molecular complexity index is 2180. The molecule has 2 aliphatic rings. The van der Waals surface area contributed by atoms with Crippen molar-refractivity contribution < 1.29 is 32.7 Å². The first-order valence-corrected chi connectivity index (χ1v) is 21.4. The van der Waals surface area contributed by atoms with E-state index in [1.807, 2.05) is 18.2 Å². The molecule has 0 saturated heterocycles. The number of benzene rings is 2. The molecule has 59 heavy (non-hydrogen) atoms. The van der Waals surface area contributed by atoms with Crippen molar-refractivity contribution in [1.29, 1.82) is 0 Å². The molecule has 0 bridgehead atoms. The third-order valence-corrected chi connectivity index (χ3v) is 12.8. The quantitative estimate of drug-likeness (QED) is 0.0961. The number of carbonyl (C=O) groups is 2. The number of nitrogens with one attached hydrogen (secondary N) is 1. The van der Waals surface area contributed by atoms with Crippen molar-refractivity contribution in [3.8, 4) is 11.6 Å². The predicted molar refractivity (Wildman–Crippen MR) is 226 cm³/mol. The lowest BCUT2D eigenvalue weighted by Crippen LogP contribution is -2.44. The van der Waals surface area contributed by atoms with Gasteiger partial charge in [0.2, 0.25) is 5.88 Å². The number of ether oxygens (including phenoxy) is 4. The lowest BCUT2D eigenvalue weighted by atomic mass is 9.70. The van der Waals surface area contributed by atoms with Gasteiger partial charge in [0, 0.05) is 56.4 Å². The minimum atomic E-state index is -2.27. The molecule has 0 spiro atoms. The lowest BCUT2D eigenvalue weighted by molar-refractivity contribution is 0.0120. The molecule has 16 heteroatoms. The minimum absolute atomic E-state index is 0.0731. The van der Waals surface area contributed by atoms with E-state index in [9.17, 15) is 13.8 Å². The maximum absolute atomic E-state index is 14.3. The molecule has 1 aliphatic carbocycles. The van der Waals surface area contributed by atoms with E-state index in [0.29, 0.717) is 48.1 Å². The molecule has 2 aromatic heterocycles. The third kappa shape index (κ3) is 10.9. The molecule has 1 unspecified atom stereocenters. The van der Waals surface area contributed by atoms with E-state index in [2.05, 4.69) is 42.3 Å². The van der Waals surface area contributed by atoms with E-state index in [4.69, 9.17) is 30.5 Å². The van der Waals surface area contributed by atoms with Gasteiger partial charge in [-0.15, -0.1) is 11.7 Å². The standard InChI is InChI=1S/C43H53ClN7O7S/c1-7-37(55-5)34-16-13-32(34)24-51-23-31-12-15-33(44)21-29(31)11-8-9-20-57-38-17-14-30(22-36(38)51)40(52)49-59(54)43(47-41(53)35-25-50(4)48-42(35)56-6)27(2)28(3)58-26-39-45-18-10-19-46-39/h7,10,12,14-15,17-19,21-22,25,27-28,32,34,37,43H,1,8-9,11,13,16,20,23-24,26H2,2-6H3,(H,47,53)/q-1/t27-,28-,32-,34+,37-,43?/m0/s1. The Morgan fingerprint density at radius 1 is 1.12 bits per heavy atom. The molecule has 1 saturated carbocycles. The third-order valence-electron chi connectivity index (χ3n) is 11.2. The van der Waals surface area contributed by atoms with Crippen LogP contribution in [0.4, 0.5) is 5.69 Å². The van der Waals surface area contributed by atoms with Crippen molar-refractivity contribution in [3.63, 3.8) is 0 Å². The number of amides is 2. The SMILES string of the molecule is C=C[C@H](OC)[C@@H]1CC[C@H]1CN1Cc2ccc(Cl)cc2CCCCOc2ccc(C(=O)N=[S-](=O)C(NC(=O)c3cn(C)nc3OC)[C@@H](C)[C@H](C)OCc3ncccn3)cc21. The number of aromatic nitrogens is 4. The fourth-order valence-corrected chi connectivity index (χ4v) is 8.96. The summed E-state index contributed by atoms with van der Waals surface area (Å²) in [5.74, 6) is -0.124. The van der Waals surface area contributed by atoms with Gasteiger partial charge in [0.15, 0.2) is 5.82 Å². The van der Waals surface area contributed by atoms with E-state index in [0.717, 1.165) is 43.4 Å². The number of hydrogen-bond donors (Lipinski definition) is 1. The summed E-state index contributed by atoms with van der Waals surface area (Å²) < 4.78 is 43.5. The summed E-state index contributed by atoms with van der Waals surface area (Å²) >= 11 is 6.49. The number of anilines is 1. The molecular weight excluding hydrogens is 794 g/mol. The second kappa shape index (κ2) is 20.4. The molecule has 0 radical (unpaired) electrons. The highest BCUT2D eigenvalue weighted by Crippen LogP contribution is 2.42. The number of fused-ring (bicyclic) bond motifs is 2. The number of nitrogens with zero attached hydrogens (tertiary/aromatic N) is 6. The monoisotopic (exact) mass is 846 g/mol. The first-order chi connectivity index (χ1) is 28.5. The number of hydrogen-bond acceptors (Lipinski definition) is 12. The Labute approximate surface area is 352 Å². The van der Waals surface area contributed by atoms with Crippen molar-refractivity contribution in [2.24, 2.45) is 29.2 Å². The van der Waals surface area contributed by atoms with Crippen molar-refractivity contribution >= 4 is 39.7 Å². The zero-order valence-corrected chi connectivity index (χ0v) is 35.8. The fraction of sp³-hybridized carbons (Fsp3) is 0.465. The van der Waals surface area contributed by atoms with Gasteiger partial charge in [0.25, 0.3) is 11.8 Å². The van der Waals surface area contributed by atoms with E-state index < -0.39 is 39.8 Å².